The van der Waals surface area contributed by atoms with E-state index in [1.165, 1.54) is 11.1 Å². The van der Waals surface area contributed by atoms with Gasteiger partial charge in [0, 0.05) is 6.54 Å². The van der Waals surface area contributed by atoms with Gasteiger partial charge < -0.3 is 10.6 Å². The molecule has 0 spiro atoms. The summed E-state index contributed by atoms with van der Waals surface area (Å²) in [4.78, 5) is 2.46. The molecule has 102 valence electrons. The van der Waals surface area contributed by atoms with Crippen molar-refractivity contribution < 1.29 is 0 Å². The molecule has 0 bridgehead atoms. The summed E-state index contributed by atoms with van der Waals surface area (Å²) in [5, 5.41) is 0. The molecule has 0 heterocycles. The van der Waals surface area contributed by atoms with Crippen LogP contribution in [0.4, 0.5) is 0 Å². The largest absolute Gasteiger partial charge is 0.330 e. The predicted molar refractivity (Wildman–Crippen MR) is 79.8 cm³/mol. The second-order valence-corrected chi connectivity index (χ2v) is 5.58. The van der Waals surface area contributed by atoms with Crippen LogP contribution in [0.3, 0.4) is 0 Å². The number of nitrogens with zero attached hydrogens (tertiary/aromatic N) is 1. The summed E-state index contributed by atoms with van der Waals surface area (Å²) in [6.45, 7) is 12.9. The highest BCUT2D eigenvalue weighted by atomic mass is 15.1. The van der Waals surface area contributed by atoms with Gasteiger partial charge in [-0.05, 0) is 49.5 Å². The molecule has 1 aromatic carbocycles. The van der Waals surface area contributed by atoms with Gasteiger partial charge in [0.05, 0.1) is 0 Å². The molecule has 2 nitrogen and oxygen atoms in total. The lowest BCUT2D eigenvalue weighted by Crippen LogP contribution is -2.42. The molecule has 18 heavy (non-hydrogen) atoms. The Morgan fingerprint density at radius 3 is 2.28 bits per heavy atom. The maximum atomic E-state index is 6.04. The van der Waals surface area contributed by atoms with Gasteiger partial charge in [0.2, 0.25) is 0 Å². The summed E-state index contributed by atoms with van der Waals surface area (Å²) < 4.78 is 0. The van der Waals surface area contributed by atoms with E-state index in [9.17, 15) is 0 Å². The van der Waals surface area contributed by atoms with E-state index in [-0.39, 0.29) is 5.41 Å². The average molecular weight is 248 g/mol. The van der Waals surface area contributed by atoms with Crippen LogP contribution >= 0.6 is 0 Å². The van der Waals surface area contributed by atoms with Crippen LogP contribution < -0.4 is 5.73 Å². The van der Waals surface area contributed by atoms with Gasteiger partial charge in [-0.3, -0.25) is 0 Å². The highest BCUT2D eigenvalue weighted by Crippen LogP contribution is 2.24. The molecule has 0 saturated carbocycles. The standard InChI is InChI=1S/C16H28N2/c1-5-18(6-2)13-16(4,12-17)11-15-10-8-7-9-14(15)3/h7-10H,5-6,11-13,17H2,1-4H3. The Morgan fingerprint density at radius 2 is 1.78 bits per heavy atom. The molecular formula is C16H28N2. The molecule has 1 atom stereocenters. The molecule has 1 rings (SSSR count). The molecule has 0 aromatic heterocycles. The second-order valence-electron chi connectivity index (χ2n) is 5.58. The number of aryl methyl sites for hydroxylation is 1. The number of rotatable bonds is 7. The lowest BCUT2D eigenvalue weighted by Gasteiger charge is -2.34. The Morgan fingerprint density at radius 1 is 1.17 bits per heavy atom. The molecule has 0 aliphatic heterocycles. The van der Waals surface area contributed by atoms with Crippen molar-refractivity contribution in [2.45, 2.75) is 34.1 Å². The second kappa shape index (κ2) is 6.91. The third-order valence-electron chi connectivity index (χ3n) is 3.87. The smallest absolute Gasteiger partial charge is 0.00504 e. The minimum absolute atomic E-state index is 0.165. The summed E-state index contributed by atoms with van der Waals surface area (Å²) in [5.41, 5.74) is 9.00. The third kappa shape index (κ3) is 4.11. The van der Waals surface area contributed by atoms with Crippen molar-refractivity contribution in [3.8, 4) is 0 Å². The molecule has 0 amide bonds. The van der Waals surface area contributed by atoms with Crippen LogP contribution in [0.15, 0.2) is 24.3 Å². The summed E-state index contributed by atoms with van der Waals surface area (Å²) in [5.74, 6) is 0. The molecule has 0 saturated heterocycles. The van der Waals surface area contributed by atoms with Gasteiger partial charge in [-0.1, -0.05) is 45.0 Å². The molecule has 1 aromatic rings. The van der Waals surface area contributed by atoms with Gasteiger partial charge in [0.1, 0.15) is 0 Å². The lowest BCUT2D eigenvalue weighted by molar-refractivity contribution is 0.180. The monoisotopic (exact) mass is 248 g/mol. The number of nitrogens with two attached hydrogens (primary N) is 1. The number of benzene rings is 1. The highest BCUT2D eigenvalue weighted by molar-refractivity contribution is 5.26. The maximum absolute atomic E-state index is 6.04. The zero-order chi connectivity index (χ0) is 13.6. The molecule has 2 N–H and O–H groups in total. The van der Waals surface area contributed by atoms with Crippen LogP contribution in [0.2, 0.25) is 0 Å². The molecule has 2 heteroatoms. The van der Waals surface area contributed by atoms with E-state index in [4.69, 9.17) is 5.73 Å². The van der Waals surface area contributed by atoms with E-state index >= 15 is 0 Å². The Kier molecular flexibility index (Phi) is 5.83. The van der Waals surface area contributed by atoms with E-state index in [0.29, 0.717) is 0 Å². The highest BCUT2D eigenvalue weighted by Gasteiger charge is 2.25. The fourth-order valence-corrected chi connectivity index (χ4v) is 2.45. The first-order chi connectivity index (χ1) is 8.54. The van der Waals surface area contributed by atoms with Gasteiger partial charge >= 0.3 is 0 Å². The fourth-order valence-electron chi connectivity index (χ4n) is 2.45. The van der Waals surface area contributed by atoms with E-state index in [1.54, 1.807) is 0 Å². The van der Waals surface area contributed by atoms with Crippen LogP contribution in [0, 0.1) is 12.3 Å². The fraction of sp³-hybridized carbons (Fsp3) is 0.625. The minimum atomic E-state index is 0.165. The van der Waals surface area contributed by atoms with Crippen molar-refractivity contribution in [3.63, 3.8) is 0 Å². The molecular weight excluding hydrogens is 220 g/mol. The molecule has 0 aliphatic carbocycles. The van der Waals surface area contributed by atoms with Crippen LogP contribution in [0.1, 0.15) is 31.9 Å². The summed E-state index contributed by atoms with van der Waals surface area (Å²) in [7, 11) is 0. The van der Waals surface area contributed by atoms with Crippen LogP contribution in [-0.4, -0.2) is 31.1 Å². The van der Waals surface area contributed by atoms with E-state index in [1.807, 2.05) is 0 Å². The van der Waals surface area contributed by atoms with Crippen molar-refractivity contribution in [3.05, 3.63) is 35.4 Å². The van der Waals surface area contributed by atoms with Crippen molar-refractivity contribution >= 4 is 0 Å². The Hall–Kier alpha value is -0.860. The topological polar surface area (TPSA) is 29.3 Å². The molecule has 1 unspecified atom stereocenters. The number of hydrogen-bond donors (Lipinski definition) is 1. The van der Waals surface area contributed by atoms with Gasteiger partial charge in [-0.25, -0.2) is 0 Å². The quantitative estimate of drug-likeness (QED) is 0.804. The van der Waals surface area contributed by atoms with E-state index in [2.05, 4.69) is 56.9 Å². The zero-order valence-electron chi connectivity index (χ0n) is 12.4. The Bertz CT molecular complexity index is 358. The minimum Gasteiger partial charge on any atom is -0.330 e. The van der Waals surface area contributed by atoms with Crippen molar-refractivity contribution in [2.24, 2.45) is 11.1 Å². The van der Waals surface area contributed by atoms with Gasteiger partial charge in [0.15, 0.2) is 0 Å². The summed E-state index contributed by atoms with van der Waals surface area (Å²) in [6, 6.07) is 8.63. The first-order valence-electron chi connectivity index (χ1n) is 7.01. The van der Waals surface area contributed by atoms with Crippen molar-refractivity contribution in [1.29, 1.82) is 0 Å². The average Bonchev–Trinajstić information content (AvgIpc) is 2.39. The third-order valence-corrected chi connectivity index (χ3v) is 3.87. The van der Waals surface area contributed by atoms with Gasteiger partial charge in [-0.2, -0.15) is 0 Å². The summed E-state index contributed by atoms with van der Waals surface area (Å²) >= 11 is 0. The maximum Gasteiger partial charge on any atom is 0.00504 e. The number of hydrogen-bond acceptors (Lipinski definition) is 2. The van der Waals surface area contributed by atoms with Crippen molar-refractivity contribution in [1.82, 2.24) is 4.90 Å². The van der Waals surface area contributed by atoms with Crippen LogP contribution in [0.25, 0.3) is 0 Å². The Balaban J connectivity index is 2.79. The normalized spacial score (nSPS) is 14.8. The molecule has 0 fully saturated rings. The van der Waals surface area contributed by atoms with Crippen LogP contribution in [-0.2, 0) is 6.42 Å². The lowest BCUT2D eigenvalue weighted by atomic mass is 9.82. The molecule has 0 aliphatic rings. The predicted octanol–water partition coefficient (Wildman–Crippen LogP) is 2.84. The Labute approximate surface area is 112 Å². The van der Waals surface area contributed by atoms with Gasteiger partial charge in [0.25, 0.3) is 0 Å². The van der Waals surface area contributed by atoms with Gasteiger partial charge in [-0.15, -0.1) is 0 Å². The SMILES string of the molecule is CCN(CC)CC(C)(CN)Cc1ccccc1C. The van der Waals surface area contributed by atoms with E-state index < -0.39 is 0 Å². The molecule has 0 radical (unpaired) electrons. The van der Waals surface area contributed by atoms with E-state index in [0.717, 1.165) is 32.6 Å². The zero-order valence-corrected chi connectivity index (χ0v) is 12.4. The van der Waals surface area contributed by atoms with Crippen molar-refractivity contribution in [2.75, 3.05) is 26.2 Å². The first-order valence-corrected chi connectivity index (χ1v) is 7.01. The first kappa shape index (κ1) is 15.2. The van der Waals surface area contributed by atoms with Crippen LogP contribution in [0.5, 0.6) is 0 Å². The summed E-state index contributed by atoms with van der Waals surface area (Å²) in [6.07, 6.45) is 1.06.